The third-order valence-corrected chi connectivity index (χ3v) is 4.47. The average Bonchev–Trinajstić information content (AvgIpc) is 2.66. The van der Waals surface area contributed by atoms with Crippen molar-refractivity contribution < 1.29 is 4.92 Å². The number of hydrogen-bond acceptors (Lipinski definition) is 5. The van der Waals surface area contributed by atoms with E-state index in [9.17, 15) is 10.1 Å². The Morgan fingerprint density at radius 2 is 2.47 bits per heavy atom. The van der Waals surface area contributed by atoms with Crippen molar-refractivity contribution in [2.24, 2.45) is 0 Å². The summed E-state index contributed by atoms with van der Waals surface area (Å²) >= 11 is 3.02. The Hall–Kier alpha value is -0.590. The maximum atomic E-state index is 10.6. The largest absolute Gasteiger partial charge is 0.324 e. The normalized spacial score (nSPS) is 26.5. The highest BCUT2D eigenvalue weighted by molar-refractivity contribution is 7.99. The molecule has 15 heavy (non-hydrogen) atoms. The fourth-order valence-electron chi connectivity index (χ4n) is 1.52. The van der Waals surface area contributed by atoms with Crippen LogP contribution in [0.5, 0.6) is 0 Å². The molecule has 6 heteroatoms. The summed E-state index contributed by atoms with van der Waals surface area (Å²) in [4.78, 5) is 10.2. The van der Waals surface area contributed by atoms with E-state index in [2.05, 4.69) is 12.2 Å². The molecule has 82 valence electrons. The molecule has 1 aliphatic heterocycles. The highest BCUT2D eigenvalue weighted by atomic mass is 32.2. The predicted molar refractivity (Wildman–Crippen MR) is 63.4 cm³/mol. The Labute approximate surface area is 96.2 Å². The van der Waals surface area contributed by atoms with Crippen molar-refractivity contribution >= 4 is 28.1 Å². The summed E-state index contributed by atoms with van der Waals surface area (Å²) in [5.41, 5.74) is 1.03. The molecule has 1 fully saturated rings. The molecule has 1 aromatic heterocycles. The Kier molecular flexibility index (Phi) is 3.28. The van der Waals surface area contributed by atoms with Gasteiger partial charge in [0.15, 0.2) is 0 Å². The third-order valence-electron chi connectivity index (χ3n) is 2.36. The van der Waals surface area contributed by atoms with Crippen molar-refractivity contribution in [1.82, 2.24) is 5.32 Å². The van der Waals surface area contributed by atoms with Gasteiger partial charge >= 0.3 is 5.00 Å². The first kappa shape index (κ1) is 10.9. The number of rotatable bonds is 2. The molecule has 0 aliphatic carbocycles. The molecule has 0 aromatic carbocycles. The summed E-state index contributed by atoms with van der Waals surface area (Å²) in [5.74, 6) is 1.11. The second kappa shape index (κ2) is 4.51. The summed E-state index contributed by atoms with van der Waals surface area (Å²) in [6, 6.07) is 2.17. The maximum absolute atomic E-state index is 10.6. The SMILES string of the molecule is CC1CCSC(c2csc([N+](=O)[O-])c2)N1. The molecule has 2 atom stereocenters. The summed E-state index contributed by atoms with van der Waals surface area (Å²) in [7, 11) is 0. The van der Waals surface area contributed by atoms with Crippen LogP contribution in [-0.2, 0) is 0 Å². The zero-order valence-corrected chi connectivity index (χ0v) is 9.94. The van der Waals surface area contributed by atoms with E-state index in [-0.39, 0.29) is 15.3 Å². The third kappa shape index (κ3) is 2.50. The monoisotopic (exact) mass is 244 g/mol. The highest BCUT2D eigenvalue weighted by Crippen LogP contribution is 2.35. The molecule has 4 nitrogen and oxygen atoms in total. The van der Waals surface area contributed by atoms with Gasteiger partial charge in [0.25, 0.3) is 0 Å². The summed E-state index contributed by atoms with van der Waals surface area (Å²) < 4.78 is 0. The van der Waals surface area contributed by atoms with Crippen LogP contribution in [-0.4, -0.2) is 16.7 Å². The van der Waals surface area contributed by atoms with E-state index in [1.54, 1.807) is 6.07 Å². The van der Waals surface area contributed by atoms with Crippen molar-refractivity contribution in [3.05, 3.63) is 27.1 Å². The van der Waals surface area contributed by atoms with Crippen LogP contribution in [0.15, 0.2) is 11.4 Å². The van der Waals surface area contributed by atoms with E-state index < -0.39 is 0 Å². The molecule has 2 rings (SSSR count). The molecule has 0 bridgehead atoms. The molecule has 1 aromatic rings. The maximum Gasteiger partial charge on any atom is 0.324 e. The standard InChI is InChI=1S/C9H12N2O2S2/c1-6-2-3-14-9(10-6)7-4-8(11(12)13)15-5-7/h4-6,9-10H,2-3H2,1H3. The van der Waals surface area contributed by atoms with Gasteiger partial charge in [-0.25, -0.2) is 0 Å². The van der Waals surface area contributed by atoms with E-state index in [1.807, 2.05) is 17.1 Å². The first-order valence-corrected chi connectivity index (χ1v) is 6.70. The van der Waals surface area contributed by atoms with Crippen LogP contribution in [0.4, 0.5) is 5.00 Å². The Morgan fingerprint density at radius 3 is 3.07 bits per heavy atom. The topological polar surface area (TPSA) is 55.2 Å². The Bertz CT molecular complexity index is 367. The Balaban J connectivity index is 2.11. The van der Waals surface area contributed by atoms with E-state index in [4.69, 9.17) is 0 Å². The van der Waals surface area contributed by atoms with Crippen LogP contribution in [0.2, 0.25) is 0 Å². The van der Waals surface area contributed by atoms with Crippen LogP contribution in [0.25, 0.3) is 0 Å². The second-order valence-electron chi connectivity index (χ2n) is 3.58. The fourth-order valence-corrected chi connectivity index (χ4v) is 3.74. The number of hydrogen-bond donors (Lipinski definition) is 1. The van der Waals surface area contributed by atoms with E-state index >= 15 is 0 Å². The molecule has 2 unspecified atom stereocenters. The van der Waals surface area contributed by atoms with Gasteiger partial charge in [-0.1, -0.05) is 11.3 Å². The summed E-state index contributed by atoms with van der Waals surface area (Å²) in [6.07, 6.45) is 1.16. The van der Waals surface area contributed by atoms with Gasteiger partial charge < -0.3 is 0 Å². The number of thioether (sulfide) groups is 1. The molecule has 1 N–H and O–H groups in total. The van der Waals surface area contributed by atoms with Gasteiger partial charge in [-0.05, 0) is 24.7 Å². The first-order chi connectivity index (χ1) is 7.16. The quantitative estimate of drug-likeness (QED) is 0.642. The van der Waals surface area contributed by atoms with Gasteiger partial charge in [0, 0.05) is 17.5 Å². The number of thiophene rings is 1. The second-order valence-corrected chi connectivity index (χ2v) is 5.69. The predicted octanol–water partition coefficient (Wildman–Crippen LogP) is 2.77. The van der Waals surface area contributed by atoms with Gasteiger partial charge in [0.1, 0.15) is 0 Å². The Morgan fingerprint density at radius 1 is 1.67 bits per heavy atom. The smallest absolute Gasteiger partial charge is 0.299 e. The van der Waals surface area contributed by atoms with Crippen LogP contribution < -0.4 is 5.32 Å². The number of nitro groups is 1. The minimum atomic E-state index is -0.328. The van der Waals surface area contributed by atoms with Crippen LogP contribution in [0.1, 0.15) is 24.3 Å². The van der Waals surface area contributed by atoms with Gasteiger partial charge in [0.2, 0.25) is 0 Å². The number of nitrogens with one attached hydrogen (secondary N) is 1. The molecule has 1 aliphatic rings. The highest BCUT2D eigenvalue weighted by Gasteiger charge is 2.22. The van der Waals surface area contributed by atoms with Crippen molar-refractivity contribution in [2.45, 2.75) is 24.8 Å². The van der Waals surface area contributed by atoms with Crippen LogP contribution in [0, 0.1) is 10.1 Å². The fraction of sp³-hybridized carbons (Fsp3) is 0.556. The van der Waals surface area contributed by atoms with Gasteiger partial charge in [-0.2, -0.15) is 0 Å². The average molecular weight is 244 g/mol. The zero-order valence-electron chi connectivity index (χ0n) is 8.30. The molecular formula is C9H12N2O2S2. The van der Waals surface area contributed by atoms with E-state index in [0.717, 1.165) is 17.7 Å². The van der Waals surface area contributed by atoms with Crippen molar-refractivity contribution in [2.75, 3.05) is 5.75 Å². The van der Waals surface area contributed by atoms with Gasteiger partial charge in [-0.15, -0.1) is 11.8 Å². The van der Waals surface area contributed by atoms with Crippen molar-refractivity contribution in [3.63, 3.8) is 0 Å². The summed E-state index contributed by atoms with van der Waals surface area (Å²) in [5, 5.41) is 16.3. The van der Waals surface area contributed by atoms with Crippen molar-refractivity contribution in [3.8, 4) is 0 Å². The molecule has 1 saturated heterocycles. The molecule has 0 radical (unpaired) electrons. The lowest BCUT2D eigenvalue weighted by Crippen LogP contribution is -2.33. The molecule has 0 spiro atoms. The number of nitrogens with zero attached hydrogens (tertiary/aromatic N) is 1. The molecule has 0 saturated carbocycles. The van der Waals surface area contributed by atoms with Crippen LogP contribution >= 0.6 is 23.1 Å². The lowest BCUT2D eigenvalue weighted by molar-refractivity contribution is -0.380. The van der Waals surface area contributed by atoms with Crippen molar-refractivity contribution in [1.29, 1.82) is 0 Å². The molecular weight excluding hydrogens is 232 g/mol. The van der Waals surface area contributed by atoms with Crippen LogP contribution in [0.3, 0.4) is 0 Å². The van der Waals surface area contributed by atoms with Gasteiger partial charge in [0.05, 0.1) is 10.3 Å². The molecule has 2 heterocycles. The first-order valence-electron chi connectivity index (χ1n) is 4.77. The minimum Gasteiger partial charge on any atom is -0.299 e. The zero-order chi connectivity index (χ0) is 10.8. The van der Waals surface area contributed by atoms with E-state index in [1.165, 1.54) is 11.3 Å². The van der Waals surface area contributed by atoms with E-state index in [0.29, 0.717) is 6.04 Å². The summed E-state index contributed by atoms with van der Waals surface area (Å²) in [6.45, 7) is 2.15. The van der Waals surface area contributed by atoms with Gasteiger partial charge in [-0.3, -0.25) is 15.4 Å². The molecule has 0 amide bonds. The lowest BCUT2D eigenvalue weighted by Gasteiger charge is -2.27. The minimum absolute atomic E-state index is 0.221. The lowest BCUT2D eigenvalue weighted by atomic mass is 10.2.